The quantitative estimate of drug-likeness (QED) is 0.395. The van der Waals surface area contributed by atoms with Gasteiger partial charge in [0.25, 0.3) is 0 Å². The van der Waals surface area contributed by atoms with Crippen molar-refractivity contribution >= 4 is 23.8 Å². The van der Waals surface area contributed by atoms with Gasteiger partial charge in [-0.05, 0) is 0 Å². The van der Waals surface area contributed by atoms with E-state index >= 15 is 0 Å². The van der Waals surface area contributed by atoms with E-state index < -0.39 is 6.03 Å². The van der Waals surface area contributed by atoms with Gasteiger partial charge in [-0.15, -0.1) is 11.6 Å². The molecule has 40 valence electrons. The second-order valence-electron chi connectivity index (χ2n) is 0.804. The Hall–Kier alpha value is -0.570. The van der Waals surface area contributed by atoms with Crippen LogP contribution in [0.15, 0.2) is 4.99 Å². The van der Waals surface area contributed by atoms with Crippen molar-refractivity contribution in [1.29, 1.82) is 0 Å². The third-order valence-corrected chi connectivity index (χ3v) is 0.426. The number of alkyl halides is 1. The van der Waals surface area contributed by atoms with Crippen LogP contribution in [-0.2, 0) is 0 Å². The molecular weight excluding hydrogens is 115 g/mol. The van der Waals surface area contributed by atoms with E-state index in [-0.39, 0.29) is 5.88 Å². The Morgan fingerprint density at radius 3 is 2.71 bits per heavy atom. The fourth-order valence-corrected chi connectivity index (χ4v) is 0.193. The number of urea groups is 1. The van der Waals surface area contributed by atoms with Gasteiger partial charge in [-0.25, -0.2) is 9.79 Å². The molecule has 0 spiro atoms. The van der Waals surface area contributed by atoms with Crippen molar-refractivity contribution in [3.05, 3.63) is 0 Å². The standard InChI is InChI=1S/C3H5ClN2O/c4-1-2-6-3(5)7/h2H,1H2,(H2,5,7). The molecule has 0 saturated carbocycles. The monoisotopic (exact) mass is 120 g/mol. The number of hydrogen-bond acceptors (Lipinski definition) is 1. The Labute approximate surface area is 46.2 Å². The number of halogens is 1. The zero-order chi connectivity index (χ0) is 5.70. The second-order valence-corrected chi connectivity index (χ2v) is 1.11. The summed E-state index contributed by atoms with van der Waals surface area (Å²) in [4.78, 5) is 12.8. The molecule has 0 atom stereocenters. The normalized spacial score (nSPS) is 9.86. The lowest BCUT2D eigenvalue weighted by atomic mass is 10.8. The Kier molecular flexibility index (Phi) is 3.32. The molecule has 0 aromatic carbocycles. The molecular formula is C3H5ClN2O. The number of nitrogens with zero attached hydrogens (tertiary/aromatic N) is 1. The van der Waals surface area contributed by atoms with E-state index in [9.17, 15) is 4.79 Å². The minimum Gasteiger partial charge on any atom is -0.350 e. The molecule has 0 aromatic rings. The number of carbonyl (C=O) groups excluding carboxylic acids is 1. The highest BCUT2D eigenvalue weighted by molar-refractivity contribution is 6.25. The summed E-state index contributed by atoms with van der Waals surface area (Å²) in [7, 11) is 0. The number of hydrogen-bond donors (Lipinski definition) is 1. The summed E-state index contributed by atoms with van der Waals surface area (Å²) in [6.07, 6.45) is 1.24. The van der Waals surface area contributed by atoms with Crippen LogP contribution in [0.2, 0.25) is 0 Å². The van der Waals surface area contributed by atoms with Crippen LogP contribution in [0.4, 0.5) is 4.79 Å². The molecule has 0 unspecified atom stereocenters. The highest BCUT2D eigenvalue weighted by Crippen LogP contribution is 1.68. The molecule has 7 heavy (non-hydrogen) atoms. The van der Waals surface area contributed by atoms with Crippen molar-refractivity contribution in [3.8, 4) is 0 Å². The summed E-state index contributed by atoms with van der Waals surface area (Å²) in [5.41, 5.74) is 4.58. The highest BCUT2D eigenvalue weighted by Gasteiger charge is 1.77. The van der Waals surface area contributed by atoms with Gasteiger partial charge in [-0.2, -0.15) is 0 Å². The SMILES string of the molecule is NC(=O)N=CCCl. The number of nitrogens with two attached hydrogens (primary N) is 1. The van der Waals surface area contributed by atoms with Gasteiger partial charge >= 0.3 is 6.03 Å². The summed E-state index contributed by atoms with van der Waals surface area (Å²) < 4.78 is 0. The molecule has 0 radical (unpaired) electrons. The maximum Gasteiger partial charge on any atom is 0.338 e. The van der Waals surface area contributed by atoms with Crippen molar-refractivity contribution in [2.45, 2.75) is 0 Å². The van der Waals surface area contributed by atoms with E-state index in [1.165, 1.54) is 6.21 Å². The number of aliphatic imine (C=N–C) groups is 1. The molecule has 4 heteroatoms. The maximum absolute atomic E-state index is 9.72. The van der Waals surface area contributed by atoms with E-state index in [2.05, 4.69) is 10.7 Å². The van der Waals surface area contributed by atoms with E-state index in [0.717, 1.165) is 0 Å². The number of amides is 2. The third-order valence-electron chi connectivity index (χ3n) is 0.288. The highest BCUT2D eigenvalue weighted by atomic mass is 35.5. The molecule has 0 rings (SSSR count). The molecule has 0 aliphatic heterocycles. The van der Waals surface area contributed by atoms with Crippen molar-refractivity contribution in [3.63, 3.8) is 0 Å². The summed E-state index contributed by atoms with van der Waals surface area (Å²) >= 11 is 5.09. The average Bonchev–Trinajstić information content (AvgIpc) is 1.61. The molecule has 0 saturated heterocycles. The summed E-state index contributed by atoms with van der Waals surface area (Å²) in [5, 5.41) is 0. The van der Waals surface area contributed by atoms with Gasteiger partial charge in [0, 0.05) is 6.21 Å². The molecule has 2 amide bonds. The van der Waals surface area contributed by atoms with Crippen LogP contribution in [0, 0.1) is 0 Å². The van der Waals surface area contributed by atoms with Gasteiger partial charge in [-0.3, -0.25) is 0 Å². The lowest BCUT2D eigenvalue weighted by Crippen LogP contribution is -2.03. The van der Waals surface area contributed by atoms with Crippen LogP contribution in [0.25, 0.3) is 0 Å². The predicted octanol–water partition coefficient (Wildman–Crippen LogP) is 0.375. The van der Waals surface area contributed by atoms with Crippen LogP contribution in [0.5, 0.6) is 0 Å². The van der Waals surface area contributed by atoms with Crippen molar-refractivity contribution < 1.29 is 4.79 Å². The molecule has 0 aliphatic rings. The molecule has 3 nitrogen and oxygen atoms in total. The van der Waals surface area contributed by atoms with E-state index in [1.54, 1.807) is 0 Å². The molecule has 0 aliphatic carbocycles. The van der Waals surface area contributed by atoms with Crippen molar-refractivity contribution in [1.82, 2.24) is 0 Å². The van der Waals surface area contributed by atoms with Gasteiger partial charge in [0.15, 0.2) is 0 Å². The summed E-state index contributed by atoms with van der Waals surface area (Å²) in [5.74, 6) is 0.225. The lowest BCUT2D eigenvalue weighted by Gasteiger charge is -1.74. The molecule has 0 bridgehead atoms. The van der Waals surface area contributed by atoms with Crippen molar-refractivity contribution in [2.24, 2.45) is 10.7 Å². The zero-order valence-electron chi connectivity index (χ0n) is 3.60. The first-order valence-corrected chi connectivity index (χ1v) is 2.18. The Morgan fingerprint density at radius 2 is 2.57 bits per heavy atom. The smallest absolute Gasteiger partial charge is 0.338 e. The summed E-state index contributed by atoms with van der Waals surface area (Å²) in [6, 6.07) is -0.708. The minimum absolute atomic E-state index is 0.225. The van der Waals surface area contributed by atoms with E-state index in [1.807, 2.05) is 0 Å². The lowest BCUT2D eigenvalue weighted by molar-refractivity contribution is 0.257. The van der Waals surface area contributed by atoms with Crippen LogP contribution < -0.4 is 5.73 Å². The van der Waals surface area contributed by atoms with Crippen LogP contribution in [-0.4, -0.2) is 18.1 Å². The van der Waals surface area contributed by atoms with Gasteiger partial charge in [-0.1, -0.05) is 0 Å². The molecule has 0 fully saturated rings. The number of carbonyl (C=O) groups is 1. The first-order valence-electron chi connectivity index (χ1n) is 1.65. The van der Waals surface area contributed by atoms with Gasteiger partial charge in [0.2, 0.25) is 0 Å². The molecule has 0 aromatic heterocycles. The minimum atomic E-state index is -0.708. The van der Waals surface area contributed by atoms with Crippen molar-refractivity contribution in [2.75, 3.05) is 5.88 Å². The molecule has 0 heterocycles. The average molecular weight is 121 g/mol. The number of rotatable bonds is 1. The van der Waals surface area contributed by atoms with Crippen LogP contribution in [0.3, 0.4) is 0 Å². The van der Waals surface area contributed by atoms with Crippen LogP contribution in [0.1, 0.15) is 0 Å². The first-order chi connectivity index (χ1) is 3.27. The first kappa shape index (κ1) is 6.43. The fourth-order valence-electron chi connectivity index (χ4n) is 0.124. The topological polar surface area (TPSA) is 55.5 Å². The third kappa shape index (κ3) is 5.43. The maximum atomic E-state index is 9.72. The van der Waals surface area contributed by atoms with Gasteiger partial charge in [0.1, 0.15) is 0 Å². The fraction of sp³-hybridized carbons (Fsp3) is 0.333. The van der Waals surface area contributed by atoms with E-state index in [4.69, 9.17) is 11.6 Å². The predicted molar refractivity (Wildman–Crippen MR) is 28.8 cm³/mol. The second kappa shape index (κ2) is 3.61. The summed E-state index contributed by atoms with van der Waals surface area (Å²) in [6.45, 7) is 0. The Morgan fingerprint density at radius 1 is 2.00 bits per heavy atom. The zero-order valence-corrected chi connectivity index (χ0v) is 4.35. The van der Waals surface area contributed by atoms with E-state index in [0.29, 0.717) is 0 Å². The number of primary amides is 1. The Balaban J connectivity index is 3.26. The Bertz CT molecular complexity index is 90.9. The van der Waals surface area contributed by atoms with Gasteiger partial charge in [0.05, 0.1) is 5.88 Å². The van der Waals surface area contributed by atoms with Crippen LogP contribution >= 0.6 is 11.6 Å². The largest absolute Gasteiger partial charge is 0.350 e. The molecule has 2 N–H and O–H groups in total. The van der Waals surface area contributed by atoms with Gasteiger partial charge < -0.3 is 5.73 Å².